The van der Waals surface area contributed by atoms with Crippen molar-refractivity contribution in [3.8, 4) is 5.75 Å². The van der Waals surface area contributed by atoms with Crippen molar-refractivity contribution in [1.82, 2.24) is 9.80 Å². The van der Waals surface area contributed by atoms with Crippen LogP contribution in [0.1, 0.15) is 25.3 Å². The topological polar surface area (TPSA) is 66.9 Å². The summed E-state index contributed by atoms with van der Waals surface area (Å²) < 4.78 is 5.75. The van der Waals surface area contributed by atoms with Gasteiger partial charge in [-0.15, -0.1) is 0 Å². The third-order valence-corrected chi connectivity index (χ3v) is 6.04. The van der Waals surface area contributed by atoms with Crippen molar-refractivity contribution in [3.63, 3.8) is 0 Å². The van der Waals surface area contributed by atoms with E-state index in [9.17, 15) is 14.4 Å². The van der Waals surface area contributed by atoms with Crippen LogP contribution in [0.15, 0.2) is 41.3 Å². The van der Waals surface area contributed by atoms with Crippen molar-refractivity contribution in [1.29, 1.82) is 0 Å². The number of carbonyl (C=O) groups is 3. The van der Waals surface area contributed by atoms with E-state index in [4.69, 9.17) is 4.74 Å². The first kappa shape index (κ1) is 19.5. The highest BCUT2D eigenvalue weighted by atomic mass is 32.2. The summed E-state index contributed by atoms with van der Waals surface area (Å²) in [5.41, 5.74) is 0.765. The molecule has 0 radical (unpaired) electrons. The summed E-state index contributed by atoms with van der Waals surface area (Å²) in [5.74, 6) is 0.0558. The molecule has 0 saturated carbocycles. The number of amides is 3. The lowest BCUT2D eigenvalue weighted by atomic mass is 10.0. The second-order valence-corrected chi connectivity index (χ2v) is 7.98. The molecule has 7 heteroatoms. The zero-order valence-corrected chi connectivity index (χ0v) is 17.0. The SMILES string of the molecule is CCOc1ccc2ccccc2c1/C=C1\SC(=O)N(CC(=O)N2CCCC2)C1=O. The van der Waals surface area contributed by atoms with Crippen LogP contribution in [0, 0.1) is 0 Å². The van der Waals surface area contributed by atoms with E-state index in [0.717, 1.165) is 45.8 Å². The van der Waals surface area contributed by atoms with Crippen molar-refractivity contribution in [2.45, 2.75) is 19.8 Å². The van der Waals surface area contributed by atoms with Gasteiger partial charge < -0.3 is 9.64 Å². The van der Waals surface area contributed by atoms with Crippen LogP contribution in [0.4, 0.5) is 4.79 Å². The van der Waals surface area contributed by atoms with E-state index < -0.39 is 11.1 Å². The Morgan fingerprint density at radius 2 is 1.90 bits per heavy atom. The van der Waals surface area contributed by atoms with Gasteiger partial charge in [0, 0.05) is 18.7 Å². The number of ether oxygens (including phenoxy) is 1. The first-order valence-electron chi connectivity index (χ1n) is 9.76. The molecule has 0 spiro atoms. The minimum atomic E-state index is -0.428. The highest BCUT2D eigenvalue weighted by molar-refractivity contribution is 8.18. The first-order valence-corrected chi connectivity index (χ1v) is 10.6. The third-order valence-electron chi connectivity index (χ3n) is 5.13. The van der Waals surface area contributed by atoms with Gasteiger partial charge in [-0.05, 0) is 54.4 Å². The molecule has 0 aromatic heterocycles. The van der Waals surface area contributed by atoms with Gasteiger partial charge >= 0.3 is 0 Å². The molecule has 2 aliphatic rings. The van der Waals surface area contributed by atoms with Crippen molar-refractivity contribution in [2.24, 2.45) is 0 Å². The molecule has 6 nitrogen and oxygen atoms in total. The largest absolute Gasteiger partial charge is 0.493 e. The molecule has 0 atom stereocenters. The lowest BCUT2D eigenvalue weighted by Crippen LogP contribution is -2.40. The Kier molecular flexibility index (Phi) is 5.58. The highest BCUT2D eigenvalue weighted by Crippen LogP contribution is 2.36. The minimum absolute atomic E-state index is 0.175. The Hall–Kier alpha value is -2.80. The summed E-state index contributed by atoms with van der Waals surface area (Å²) in [6.45, 7) is 3.58. The maximum atomic E-state index is 12.9. The molecule has 2 aliphatic heterocycles. The summed E-state index contributed by atoms with van der Waals surface area (Å²) >= 11 is 0.869. The Balaban J connectivity index is 1.65. The predicted octanol–water partition coefficient (Wildman–Crippen LogP) is 3.90. The normalized spacial score (nSPS) is 18.3. The highest BCUT2D eigenvalue weighted by Gasteiger charge is 2.37. The average Bonchev–Trinajstić information content (AvgIpc) is 3.35. The fourth-order valence-corrected chi connectivity index (χ4v) is 4.50. The zero-order chi connectivity index (χ0) is 20.4. The molecule has 3 amide bonds. The van der Waals surface area contributed by atoms with E-state index in [1.807, 2.05) is 43.3 Å². The molecular weight excluding hydrogens is 388 g/mol. The number of hydrogen-bond donors (Lipinski definition) is 0. The number of carbonyl (C=O) groups excluding carboxylic acids is 3. The van der Waals surface area contributed by atoms with Crippen LogP contribution in [-0.4, -0.2) is 53.1 Å². The molecule has 2 heterocycles. The molecular formula is C22H22N2O4S. The maximum absolute atomic E-state index is 12.9. The van der Waals surface area contributed by atoms with Gasteiger partial charge in [-0.3, -0.25) is 19.3 Å². The van der Waals surface area contributed by atoms with Crippen LogP contribution in [0.5, 0.6) is 5.75 Å². The quantitative estimate of drug-likeness (QED) is 0.700. The number of benzene rings is 2. The van der Waals surface area contributed by atoms with Gasteiger partial charge in [-0.25, -0.2) is 0 Å². The standard InChI is InChI=1S/C22H22N2O4S/c1-2-28-18-10-9-15-7-3-4-8-16(15)17(18)13-19-21(26)24(22(27)29-19)14-20(25)23-11-5-6-12-23/h3-4,7-10,13H,2,5-6,11-12,14H2,1H3/b19-13-. The molecule has 0 aliphatic carbocycles. The van der Waals surface area contributed by atoms with Crippen molar-refractivity contribution < 1.29 is 19.1 Å². The van der Waals surface area contributed by atoms with Gasteiger partial charge in [0.05, 0.1) is 11.5 Å². The first-order chi connectivity index (χ1) is 14.1. The second-order valence-electron chi connectivity index (χ2n) is 6.99. The maximum Gasteiger partial charge on any atom is 0.294 e. The van der Waals surface area contributed by atoms with E-state index in [-0.39, 0.29) is 12.5 Å². The number of hydrogen-bond acceptors (Lipinski definition) is 5. The molecule has 150 valence electrons. The molecule has 0 bridgehead atoms. The molecule has 29 heavy (non-hydrogen) atoms. The van der Waals surface area contributed by atoms with E-state index >= 15 is 0 Å². The van der Waals surface area contributed by atoms with Gasteiger partial charge in [0.2, 0.25) is 5.91 Å². The third kappa shape index (κ3) is 3.87. The van der Waals surface area contributed by atoms with Gasteiger partial charge in [0.25, 0.3) is 11.1 Å². The number of fused-ring (bicyclic) bond motifs is 1. The summed E-state index contributed by atoms with van der Waals surface area (Å²) in [7, 11) is 0. The number of thioether (sulfide) groups is 1. The van der Waals surface area contributed by atoms with Crippen molar-refractivity contribution >= 4 is 45.7 Å². The fraction of sp³-hybridized carbons (Fsp3) is 0.318. The Morgan fingerprint density at radius 3 is 2.66 bits per heavy atom. The molecule has 4 rings (SSSR count). The van der Waals surface area contributed by atoms with Gasteiger partial charge in [0.15, 0.2) is 0 Å². The molecule has 2 aromatic rings. The molecule has 2 fully saturated rings. The Labute approximate surface area is 173 Å². The number of imide groups is 1. The lowest BCUT2D eigenvalue weighted by Gasteiger charge is -2.18. The summed E-state index contributed by atoms with van der Waals surface area (Å²) in [6.07, 6.45) is 3.64. The van der Waals surface area contributed by atoms with Crippen LogP contribution in [-0.2, 0) is 9.59 Å². The minimum Gasteiger partial charge on any atom is -0.493 e. The monoisotopic (exact) mass is 410 g/mol. The predicted molar refractivity (Wildman–Crippen MR) is 114 cm³/mol. The zero-order valence-electron chi connectivity index (χ0n) is 16.2. The lowest BCUT2D eigenvalue weighted by molar-refractivity contribution is -0.135. The molecule has 0 N–H and O–H groups in total. The van der Waals surface area contributed by atoms with Crippen LogP contribution in [0.3, 0.4) is 0 Å². The second kappa shape index (κ2) is 8.29. The van der Waals surface area contributed by atoms with Crippen LogP contribution in [0.2, 0.25) is 0 Å². The molecule has 2 saturated heterocycles. The van der Waals surface area contributed by atoms with E-state index in [1.54, 1.807) is 11.0 Å². The summed E-state index contributed by atoms with van der Waals surface area (Å²) in [5, 5.41) is 1.55. The van der Waals surface area contributed by atoms with Crippen molar-refractivity contribution in [2.75, 3.05) is 26.2 Å². The van der Waals surface area contributed by atoms with Crippen molar-refractivity contribution in [3.05, 3.63) is 46.9 Å². The van der Waals surface area contributed by atoms with E-state index in [1.165, 1.54) is 0 Å². The smallest absolute Gasteiger partial charge is 0.294 e. The van der Waals surface area contributed by atoms with E-state index in [2.05, 4.69) is 0 Å². The average molecular weight is 410 g/mol. The van der Waals surface area contributed by atoms with Gasteiger partial charge in [-0.2, -0.15) is 0 Å². The fourth-order valence-electron chi connectivity index (χ4n) is 3.68. The number of likely N-dealkylation sites (tertiary alicyclic amines) is 1. The van der Waals surface area contributed by atoms with E-state index in [0.29, 0.717) is 30.4 Å². The van der Waals surface area contributed by atoms with Crippen LogP contribution >= 0.6 is 11.8 Å². The van der Waals surface area contributed by atoms with Crippen LogP contribution < -0.4 is 4.74 Å². The summed E-state index contributed by atoms with van der Waals surface area (Å²) in [6, 6.07) is 11.7. The molecule has 2 aromatic carbocycles. The van der Waals surface area contributed by atoms with Gasteiger partial charge in [-0.1, -0.05) is 30.3 Å². The van der Waals surface area contributed by atoms with Crippen LogP contribution in [0.25, 0.3) is 16.8 Å². The van der Waals surface area contributed by atoms with Gasteiger partial charge in [0.1, 0.15) is 12.3 Å². The molecule has 0 unspecified atom stereocenters. The number of rotatable bonds is 5. The number of nitrogens with zero attached hydrogens (tertiary/aromatic N) is 2. The Morgan fingerprint density at radius 1 is 1.14 bits per heavy atom. The summed E-state index contributed by atoms with van der Waals surface area (Å²) in [4.78, 5) is 40.8. The Bertz CT molecular complexity index is 1010.